The van der Waals surface area contributed by atoms with E-state index in [-0.39, 0.29) is 0 Å². The highest BCUT2D eigenvalue weighted by Gasteiger charge is 2.21. The van der Waals surface area contributed by atoms with Crippen LogP contribution in [-0.2, 0) is 17.8 Å². The quantitative estimate of drug-likeness (QED) is 0.766. The third-order valence-corrected chi connectivity index (χ3v) is 3.20. The highest BCUT2D eigenvalue weighted by molar-refractivity contribution is 5.43. The van der Waals surface area contributed by atoms with Crippen molar-refractivity contribution in [3.63, 3.8) is 0 Å². The molecule has 1 aromatic heterocycles. The molecule has 1 aliphatic rings. The summed E-state index contributed by atoms with van der Waals surface area (Å²) >= 11 is 0. The molecule has 0 N–H and O–H groups in total. The molecule has 18 heavy (non-hydrogen) atoms. The summed E-state index contributed by atoms with van der Waals surface area (Å²) in [5.74, 6) is 0. The van der Waals surface area contributed by atoms with Gasteiger partial charge in [-0.1, -0.05) is 17.7 Å². The highest BCUT2D eigenvalue weighted by atomic mass is 16.5. The molecule has 0 atom stereocenters. The number of nitriles is 1. The molecule has 0 fully saturated rings. The van der Waals surface area contributed by atoms with E-state index in [9.17, 15) is 0 Å². The Morgan fingerprint density at radius 3 is 2.83 bits per heavy atom. The lowest BCUT2D eigenvalue weighted by atomic mass is 10.1. The molecule has 0 saturated carbocycles. The molecule has 90 valence electrons. The molecule has 0 aliphatic carbocycles. The van der Waals surface area contributed by atoms with Crippen molar-refractivity contribution < 1.29 is 4.74 Å². The van der Waals surface area contributed by atoms with Gasteiger partial charge in [-0.25, -0.2) is 4.68 Å². The van der Waals surface area contributed by atoms with Crippen molar-refractivity contribution in [2.45, 2.75) is 20.0 Å². The largest absolute Gasteiger partial charge is 0.376 e. The maximum Gasteiger partial charge on any atom is 0.168 e. The lowest BCUT2D eigenvalue weighted by Crippen LogP contribution is -2.13. The van der Waals surface area contributed by atoms with Crippen LogP contribution in [0.3, 0.4) is 0 Å². The molecule has 0 radical (unpaired) electrons. The van der Waals surface area contributed by atoms with Crippen LogP contribution in [0.25, 0.3) is 5.69 Å². The number of rotatable bonds is 1. The average Bonchev–Trinajstić information content (AvgIpc) is 2.79. The predicted octanol–water partition coefficient (Wildman–Crippen LogP) is 2.13. The summed E-state index contributed by atoms with van der Waals surface area (Å²) in [6.45, 7) is 3.23. The van der Waals surface area contributed by atoms with Gasteiger partial charge in [0, 0.05) is 12.0 Å². The summed E-state index contributed by atoms with van der Waals surface area (Å²) in [7, 11) is 0. The van der Waals surface area contributed by atoms with Gasteiger partial charge in [-0.05, 0) is 19.1 Å². The lowest BCUT2D eigenvalue weighted by Gasteiger charge is -2.14. The van der Waals surface area contributed by atoms with Crippen LogP contribution in [0.2, 0.25) is 0 Å². The van der Waals surface area contributed by atoms with Gasteiger partial charge in [0.05, 0.1) is 24.6 Å². The Morgan fingerprint density at radius 1 is 1.33 bits per heavy atom. The van der Waals surface area contributed by atoms with Gasteiger partial charge in [-0.15, -0.1) is 0 Å². The lowest BCUT2D eigenvalue weighted by molar-refractivity contribution is 0.109. The number of fused-ring (bicyclic) bond motifs is 1. The second kappa shape index (κ2) is 4.28. The third kappa shape index (κ3) is 1.69. The molecule has 0 spiro atoms. The van der Waals surface area contributed by atoms with Crippen molar-refractivity contribution in [1.29, 1.82) is 5.26 Å². The first kappa shape index (κ1) is 11.0. The van der Waals surface area contributed by atoms with E-state index in [4.69, 9.17) is 10.00 Å². The maximum atomic E-state index is 9.12. The van der Waals surface area contributed by atoms with E-state index in [1.807, 2.05) is 16.8 Å². The minimum Gasteiger partial charge on any atom is -0.376 e. The van der Waals surface area contributed by atoms with Gasteiger partial charge in [0.25, 0.3) is 0 Å². The minimum atomic E-state index is 0.477. The van der Waals surface area contributed by atoms with Crippen molar-refractivity contribution in [3.8, 4) is 11.8 Å². The average molecular weight is 239 g/mol. The van der Waals surface area contributed by atoms with E-state index in [0.29, 0.717) is 18.9 Å². The van der Waals surface area contributed by atoms with Crippen LogP contribution in [0.15, 0.2) is 24.3 Å². The van der Waals surface area contributed by atoms with Crippen molar-refractivity contribution in [1.82, 2.24) is 9.78 Å². The van der Waals surface area contributed by atoms with Gasteiger partial charge in [0.2, 0.25) is 0 Å². The monoisotopic (exact) mass is 239 g/mol. The van der Waals surface area contributed by atoms with E-state index < -0.39 is 0 Å². The zero-order valence-corrected chi connectivity index (χ0v) is 10.2. The molecule has 3 rings (SSSR count). The van der Waals surface area contributed by atoms with Crippen LogP contribution in [0.1, 0.15) is 22.5 Å². The number of aryl methyl sites for hydroxylation is 1. The van der Waals surface area contributed by atoms with Crippen molar-refractivity contribution in [2.75, 3.05) is 6.61 Å². The summed E-state index contributed by atoms with van der Waals surface area (Å²) in [6.07, 6.45) is 0.803. The maximum absolute atomic E-state index is 9.12. The van der Waals surface area contributed by atoms with Crippen LogP contribution in [0.4, 0.5) is 0 Å². The van der Waals surface area contributed by atoms with Crippen LogP contribution in [0.5, 0.6) is 0 Å². The molecule has 0 amide bonds. The Morgan fingerprint density at radius 2 is 2.11 bits per heavy atom. The molecule has 2 heterocycles. The van der Waals surface area contributed by atoms with Crippen LogP contribution < -0.4 is 0 Å². The van der Waals surface area contributed by atoms with Crippen LogP contribution in [-0.4, -0.2) is 16.4 Å². The fourth-order valence-corrected chi connectivity index (χ4v) is 2.23. The van der Waals surface area contributed by atoms with Gasteiger partial charge in [0.15, 0.2) is 5.69 Å². The normalized spacial score (nSPS) is 14.0. The van der Waals surface area contributed by atoms with E-state index in [2.05, 4.69) is 30.2 Å². The molecular weight excluding hydrogens is 226 g/mol. The van der Waals surface area contributed by atoms with Crippen LogP contribution >= 0.6 is 0 Å². The molecule has 0 saturated heterocycles. The van der Waals surface area contributed by atoms with E-state index in [1.54, 1.807) is 0 Å². The van der Waals surface area contributed by atoms with E-state index in [0.717, 1.165) is 23.4 Å². The summed E-state index contributed by atoms with van der Waals surface area (Å²) in [5.41, 5.74) is 4.72. The number of ether oxygens (including phenoxy) is 1. The summed E-state index contributed by atoms with van der Waals surface area (Å²) in [6, 6.07) is 10.3. The summed E-state index contributed by atoms with van der Waals surface area (Å²) in [5, 5.41) is 13.5. The zero-order valence-electron chi connectivity index (χ0n) is 10.2. The molecule has 0 unspecified atom stereocenters. The molecule has 2 aromatic rings. The third-order valence-electron chi connectivity index (χ3n) is 3.20. The smallest absolute Gasteiger partial charge is 0.168 e. The van der Waals surface area contributed by atoms with Crippen molar-refractivity contribution in [2.24, 2.45) is 0 Å². The second-order valence-corrected chi connectivity index (χ2v) is 4.44. The molecule has 4 heteroatoms. The number of hydrogen-bond acceptors (Lipinski definition) is 3. The van der Waals surface area contributed by atoms with E-state index >= 15 is 0 Å². The topological polar surface area (TPSA) is 50.8 Å². The Balaban J connectivity index is 2.15. The SMILES string of the molecule is Cc1ccc(-n2nc(C#N)c3c2CCOC3)cc1. The van der Waals surface area contributed by atoms with Gasteiger partial charge in [-0.2, -0.15) is 10.4 Å². The Kier molecular flexibility index (Phi) is 2.62. The van der Waals surface area contributed by atoms with Crippen LogP contribution in [0, 0.1) is 18.3 Å². The summed E-state index contributed by atoms with van der Waals surface area (Å²) < 4.78 is 7.27. The molecule has 1 aliphatic heterocycles. The zero-order chi connectivity index (χ0) is 12.5. The minimum absolute atomic E-state index is 0.477. The fourth-order valence-electron chi connectivity index (χ4n) is 2.23. The number of nitrogens with zero attached hydrogens (tertiary/aromatic N) is 3. The first-order chi connectivity index (χ1) is 8.79. The van der Waals surface area contributed by atoms with Gasteiger partial charge >= 0.3 is 0 Å². The van der Waals surface area contributed by atoms with E-state index in [1.165, 1.54) is 5.56 Å². The highest BCUT2D eigenvalue weighted by Crippen LogP contribution is 2.23. The Hall–Kier alpha value is -2.12. The number of benzene rings is 1. The molecule has 0 bridgehead atoms. The predicted molar refractivity (Wildman–Crippen MR) is 66.4 cm³/mol. The fraction of sp³-hybridized carbons (Fsp3) is 0.286. The molecule has 1 aromatic carbocycles. The van der Waals surface area contributed by atoms with Crippen molar-refractivity contribution >= 4 is 0 Å². The van der Waals surface area contributed by atoms with Gasteiger partial charge < -0.3 is 4.74 Å². The second-order valence-electron chi connectivity index (χ2n) is 4.44. The summed E-state index contributed by atoms with van der Waals surface area (Å²) in [4.78, 5) is 0. The van der Waals surface area contributed by atoms with Gasteiger partial charge in [0.1, 0.15) is 6.07 Å². The van der Waals surface area contributed by atoms with Gasteiger partial charge in [-0.3, -0.25) is 0 Å². The first-order valence-corrected chi connectivity index (χ1v) is 5.95. The molecular formula is C14H13N3O. The number of hydrogen-bond donors (Lipinski definition) is 0. The Labute approximate surface area is 105 Å². The first-order valence-electron chi connectivity index (χ1n) is 5.95. The Bertz CT molecular complexity index is 620. The van der Waals surface area contributed by atoms with Crippen molar-refractivity contribution in [3.05, 3.63) is 46.8 Å². The molecule has 4 nitrogen and oxygen atoms in total. The number of aromatic nitrogens is 2. The standard InChI is InChI=1S/C14H13N3O/c1-10-2-4-11(5-3-10)17-14-6-7-18-9-12(14)13(8-15)16-17/h2-5H,6-7,9H2,1H3.